The molecule has 1 aromatic heterocycles. The van der Waals surface area contributed by atoms with Crippen LogP contribution >= 0.6 is 0 Å². The van der Waals surface area contributed by atoms with Crippen molar-refractivity contribution < 1.29 is 0 Å². The van der Waals surface area contributed by atoms with Gasteiger partial charge in [0.25, 0.3) is 0 Å². The number of benzene rings is 1. The number of anilines is 1. The summed E-state index contributed by atoms with van der Waals surface area (Å²) in [6.45, 7) is 3.43. The third-order valence-corrected chi connectivity index (χ3v) is 4.28. The van der Waals surface area contributed by atoms with E-state index in [4.69, 9.17) is 0 Å². The predicted molar refractivity (Wildman–Crippen MR) is 85.4 cm³/mol. The predicted octanol–water partition coefficient (Wildman–Crippen LogP) is 2.23. The Balaban J connectivity index is 1.51. The SMILES string of the molecule is CN(c1ccncn1)C1CCN(CCc2ccccc2)C1. The first-order chi connectivity index (χ1) is 10.3. The molecule has 1 fully saturated rings. The normalized spacial score (nSPS) is 18.8. The minimum atomic E-state index is 0.552. The molecule has 1 aliphatic rings. The molecule has 0 bridgehead atoms. The van der Waals surface area contributed by atoms with Crippen LogP contribution in [0.25, 0.3) is 0 Å². The highest BCUT2D eigenvalue weighted by molar-refractivity contribution is 5.37. The molecule has 2 heterocycles. The van der Waals surface area contributed by atoms with Crippen molar-refractivity contribution in [2.75, 3.05) is 31.6 Å². The first kappa shape index (κ1) is 14.0. The minimum Gasteiger partial charge on any atom is -0.355 e. The molecule has 4 nitrogen and oxygen atoms in total. The van der Waals surface area contributed by atoms with E-state index in [1.807, 2.05) is 6.07 Å². The second-order valence-electron chi connectivity index (χ2n) is 5.66. The van der Waals surface area contributed by atoms with Gasteiger partial charge in [-0.1, -0.05) is 30.3 Å². The Morgan fingerprint density at radius 2 is 2.10 bits per heavy atom. The summed E-state index contributed by atoms with van der Waals surface area (Å²) < 4.78 is 0. The van der Waals surface area contributed by atoms with Crippen molar-refractivity contribution in [3.63, 3.8) is 0 Å². The van der Waals surface area contributed by atoms with Gasteiger partial charge >= 0.3 is 0 Å². The summed E-state index contributed by atoms with van der Waals surface area (Å²) >= 11 is 0. The lowest BCUT2D eigenvalue weighted by atomic mass is 10.1. The molecule has 0 saturated carbocycles. The highest BCUT2D eigenvalue weighted by Crippen LogP contribution is 2.19. The molecule has 1 saturated heterocycles. The number of rotatable bonds is 5. The van der Waals surface area contributed by atoms with E-state index in [9.17, 15) is 0 Å². The van der Waals surface area contributed by atoms with E-state index in [-0.39, 0.29) is 0 Å². The second-order valence-corrected chi connectivity index (χ2v) is 5.66. The van der Waals surface area contributed by atoms with Gasteiger partial charge in [0, 0.05) is 38.9 Å². The smallest absolute Gasteiger partial charge is 0.131 e. The van der Waals surface area contributed by atoms with Crippen LogP contribution in [0.1, 0.15) is 12.0 Å². The van der Waals surface area contributed by atoms with Crippen molar-refractivity contribution in [1.29, 1.82) is 0 Å². The van der Waals surface area contributed by atoms with E-state index in [0.29, 0.717) is 6.04 Å². The Kier molecular flexibility index (Phi) is 4.46. The maximum Gasteiger partial charge on any atom is 0.131 e. The molecule has 1 unspecified atom stereocenters. The number of nitrogens with zero attached hydrogens (tertiary/aromatic N) is 4. The molecule has 2 aromatic rings. The molecule has 1 atom stereocenters. The van der Waals surface area contributed by atoms with Crippen LogP contribution in [0, 0.1) is 0 Å². The Labute approximate surface area is 126 Å². The molecule has 110 valence electrons. The second kappa shape index (κ2) is 6.68. The fraction of sp³-hybridized carbons (Fsp3) is 0.412. The summed E-state index contributed by atoms with van der Waals surface area (Å²) in [4.78, 5) is 13.2. The van der Waals surface area contributed by atoms with E-state index in [1.54, 1.807) is 12.5 Å². The average Bonchev–Trinajstić information content (AvgIpc) is 3.03. The third-order valence-electron chi connectivity index (χ3n) is 4.28. The average molecular weight is 282 g/mol. The van der Waals surface area contributed by atoms with Gasteiger partial charge in [-0.3, -0.25) is 0 Å². The Morgan fingerprint density at radius 1 is 1.24 bits per heavy atom. The fourth-order valence-electron chi connectivity index (χ4n) is 2.94. The van der Waals surface area contributed by atoms with Gasteiger partial charge in [0.15, 0.2) is 0 Å². The summed E-state index contributed by atoms with van der Waals surface area (Å²) in [5.74, 6) is 1.01. The van der Waals surface area contributed by atoms with Gasteiger partial charge in [0.05, 0.1) is 0 Å². The van der Waals surface area contributed by atoms with Gasteiger partial charge < -0.3 is 9.80 Å². The van der Waals surface area contributed by atoms with Crippen molar-refractivity contribution >= 4 is 5.82 Å². The molecule has 0 N–H and O–H groups in total. The highest BCUT2D eigenvalue weighted by atomic mass is 15.3. The maximum absolute atomic E-state index is 4.34. The Bertz CT molecular complexity index is 543. The number of hydrogen-bond acceptors (Lipinski definition) is 4. The van der Waals surface area contributed by atoms with E-state index < -0.39 is 0 Å². The van der Waals surface area contributed by atoms with Crippen LogP contribution in [0.4, 0.5) is 5.82 Å². The molecule has 0 radical (unpaired) electrons. The van der Waals surface area contributed by atoms with Crippen molar-refractivity contribution in [2.45, 2.75) is 18.9 Å². The quantitative estimate of drug-likeness (QED) is 0.842. The molecule has 1 aliphatic heterocycles. The lowest BCUT2D eigenvalue weighted by Crippen LogP contribution is -2.35. The zero-order chi connectivity index (χ0) is 14.5. The zero-order valence-electron chi connectivity index (χ0n) is 12.5. The zero-order valence-corrected chi connectivity index (χ0v) is 12.5. The van der Waals surface area contributed by atoms with Crippen molar-refractivity contribution in [3.05, 3.63) is 54.5 Å². The lowest BCUT2D eigenvalue weighted by Gasteiger charge is -2.25. The number of likely N-dealkylation sites (N-methyl/N-ethyl adjacent to an activating group) is 1. The molecule has 0 aliphatic carbocycles. The van der Waals surface area contributed by atoms with Crippen LogP contribution in [0.15, 0.2) is 48.9 Å². The largest absolute Gasteiger partial charge is 0.355 e. The monoisotopic (exact) mass is 282 g/mol. The van der Waals surface area contributed by atoms with Crippen molar-refractivity contribution in [1.82, 2.24) is 14.9 Å². The number of likely N-dealkylation sites (tertiary alicyclic amines) is 1. The summed E-state index contributed by atoms with van der Waals surface area (Å²) in [5, 5.41) is 0. The maximum atomic E-state index is 4.34. The van der Waals surface area contributed by atoms with Crippen molar-refractivity contribution in [2.24, 2.45) is 0 Å². The highest BCUT2D eigenvalue weighted by Gasteiger charge is 2.26. The summed E-state index contributed by atoms with van der Waals surface area (Å²) in [7, 11) is 2.13. The van der Waals surface area contributed by atoms with Crippen LogP contribution in [-0.2, 0) is 6.42 Å². The molecule has 1 aromatic carbocycles. The minimum absolute atomic E-state index is 0.552. The van der Waals surface area contributed by atoms with E-state index in [0.717, 1.165) is 25.3 Å². The van der Waals surface area contributed by atoms with Crippen molar-refractivity contribution in [3.8, 4) is 0 Å². The molecular formula is C17H22N4. The van der Waals surface area contributed by atoms with Crippen LogP contribution in [0.2, 0.25) is 0 Å². The summed E-state index contributed by atoms with van der Waals surface area (Å²) in [6, 6.07) is 13.3. The van der Waals surface area contributed by atoms with E-state index in [1.165, 1.54) is 18.5 Å². The molecule has 3 rings (SSSR count). The molecule has 4 heteroatoms. The van der Waals surface area contributed by atoms with Crippen LogP contribution in [0.5, 0.6) is 0 Å². The fourth-order valence-corrected chi connectivity index (χ4v) is 2.94. The lowest BCUT2D eigenvalue weighted by molar-refractivity contribution is 0.338. The summed E-state index contributed by atoms with van der Waals surface area (Å²) in [6.07, 6.45) is 5.76. The first-order valence-electron chi connectivity index (χ1n) is 7.58. The van der Waals surface area contributed by atoms with Gasteiger partial charge in [0.2, 0.25) is 0 Å². The van der Waals surface area contributed by atoms with E-state index in [2.05, 4.69) is 57.1 Å². The van der Waals surface area contributed by atoms with Crippen LogP contribution in [0.3, 0.4) is 0 Å². The topological polar surface area (TPSA) is 32.3 Å². The summed E-state index contributed by atoms with van der Waals surface area (Å²) in [5.41, 5.74) is 1.42. The van der Waals surface area contributed by atoms with Gasteiger partial charge in [0.1, 0.15) is 12.1 Å². The molecule has 21 heavy (non-hydrogen) atoms. The standard InChI is InChI=1S/C17H22N4/c1-20(17-7-10-18-14-19-17)16-9-12-21(13-16)11-8-15-5-3-2-4-6-15/h2-7,10,14,16H,8-9,11-13H2,1H3. The van der Waals surface area contributed by atoms with Gasteiger partial charge in [-0.05, 0) is 24.5 Å². The van der Waals surface area contributed by atoms with Gasteiger partial charge in [-0.15, -0.1) is 0 Å². The first-order valence-corrected chi connectivity index (χ1v) is 7.58. The number of hydrogen-bond donors (Lipinski definition) is 0. The van der Waals surface area contributed by atoms with Crippen LogP contribution < -0.4 is 4.90 Å². The molecule has 0 amide bonds. The Hall–Kier alpha value is -1.94. The van der Waals surface area contributed by atoms with Crippen LogP contribution in [-0.4, -0.2) is 47.6 Å². The van der Waals surface area contributed by atoms with E-state index >= 15 is 0 Å². The Morgan fingerprint density at radius 3 is 2.86 bits per heavy atom. The third kappa shape index (κ3) is 3.58. The molecule has 0 spiro atoms. The van der Waals surface area contributed by atoms with Gasteiger partial charge in [-0.25, -0.2) is 9.97 Å². The molecular weight excluding hydrogens is 260 g/mol. The number of aromatic nitrogens is 2. The van der Waals surface area contributed by atoms with Gasteiger partial charge in [-0.2, -0.15) is 0 Å².